The number of rotatable bonds is 4. The van der Waals surface area contributed by atoms with Crippen LogP contribution in [-0.4, -0.2) is 30.8 Å². The Morgan fingerprint density at radius 2 is 1.89 bits per heavy atom. The molecule has 1 heterocycles. The fourth-order valence-electron chi connectivity index (χ4n) is 2.57. The van der Waals surface area contributed by atoms with Crippen LogP contribution < -0.4 is 15.4 Å². The number of fused-ring (bicyclic) bond motifs is 1. The lowest BCUT2D eigenvalue weighted by atomic mass is 10.1. The molecule has 0 aliphatic heterocycles. The molecule has 138 valence electrons. The molecule has 0 bridgehead atoms. The number of urea groups is 1. The van der Waals surface area contributed by atoms with E-state index in [4.69, 9.17) is 14.3 Å². The van der Waals surface area contributed by atoms with Crippen molar-refractivity contribution >= 4 is 23.0 Å². The van der Waals surface area contributed by atoms with E-state index in [-0.39, 0.29) is 0 Å². The molecule has 0 aliphatic rings. The third kappa shape index (κ3) is 4.33. The van der Waals surface area contributed by atoms with E-state index in [2.05, 4.69) is 10.3 Å². The van der Waals surface area contributed by atoms with Crippen LogP contribution in [0.2, 0.25) is 0 Å². The average molecular weight is 366 g/mol. The molecule has 0 unspecified atom stereocenters. The van der Waals surface area contributed by atoms with Crippen molar-refractivity contribution in [2.45, 2.75) is 6.92 Å². The molecule has 2 aromatic carbocycles. The van der Waals surface area contributed by atoms with Gasteiger partial charge in [-0.2, -0.15) is 4.99 Å². The standard InChI is InChI=1S/C20H18N2O5/c1-12-3-8-17-15(9-12)16(22-20(25)21-11-19(23)24)10-18(27-17)13-4-6-14(26-2)7-5-13/h3-10H,11H2,1-2H3,(H,21,25)(H,23,24). The van der Waals surface area contributed by atoms with E-state index >= 15 is 0 Å². The summed E-state index contributed by atoms with van der Waals surface area (Å²) in [6, 6.07) is 13.8. The monoisotopic (exact) mass is 366 g/mol. The maximum absolute atomic E-state index is 12.0. The predicted octanol–water partition coefficient (Wildman–Crippen LogP) is 3.11. The van der Waals surface area contributed by atoms with Gasteiger partial charge in [-0.3, -0.25) is 4.79 Å². The number of ether oxygens (including phenoxy) is 1. The van der Waals surface area contributed by atoms with Crippen LogP contribution in [-0.2, 0) is 4.79 Å². The predicted molar refractivity (Wildman–Crippen MR) is 99.5 cm³/mol. The SMILES string of the molecule is COc1ccc(-c2cc(=NC(=O)NCC(=O)O)c3cc(C)ccc3o2)cc1. The molecule has 2 amide bonds. The molecule has 0 aliphatic carbocycles. The molecule has 2 N–H and O–H groups in total. The topological polar surface area (TPSA) is 101 Å². The first-order valence-corrected chi connectivity index (χ1v) is 8.19. The Balaban J connectivity index is 2.12. The minimum absolute atomic E-state index is 0.397. The second kappa shape index (κ2) is 7.74. The number of carbonyl (C=O) groups excluding carboxylic acids is 1. The van der Waals surface area contributed by atoms with E-state index in [0.717, 1.165) is 11.1 Å². The molecule has 3 aromatic rings. The van der Waals surface area contributed by atoms with Crippen LogP contribution in [0.5, 0.6) is 5.75 Å². The van der Waals surface area contributed by atoms with Gasteiger partial charge in [0.1, 0.15) is 23.6 Å². The summed E-state index contributed by atoms with van der Waals surface area (Å²) >= 11 is 0. The van der Waals surface area contributed by atoms with Gasteiger partial charge in [-0.25, -0.2) is 4.79 Å². The van der Waals surface area contributed by atoms with Crippen molar-refractivity contribution in [3.05, 3.63) is 59.5 Å². The molecule has 0 saturated heterocycles. The quantitative estimate of drug-likeness (QED) is 0.739. The first-order chi connectivity index (χ1) is 13.0. The molecule has 0 spiro atoms. The first kappa shape index (κ1) is 18.2. The third-order valence-electron chi connectivity index (χ3n) is 3.89. The summed E-state index contributed by atoms with van der Waals surface area (Å²) in [7, 11) is 1.59. The number of carboxylic acid groups (broad SMARTS) is 1. The average Bonchev–Trinajstić information content (AvgIpc) is 2.66. The number of nitrogens with zero attached hydrogens (tertiary/aromatic N) is 1. The van der Waals surface area contributed by atoms with Crippen LogP contribution in [0.15, 0.2) is 57.9 Å². The lowest BCUT2D eigenvalue weighted by molar-refractivity contribution is -0.135. The maximum atomic E-state index is 12.0. The highest BCUT2D eigenvalue weighted by molar-refractivity contribution is 5.84. The minimum Gasteiger partial charge on any atom is -0.497 e. The first-order valence-electron chi connectivity index (χ1n) is 8.19. The van der Waals surface area contributed by atoms with Crippen molar-refractivity contribution in [2.75, 3.05) is 13.7 Å². The molecule has 3 rings (SSSR count). The van der Waals surface area contributed by atoms with Crippen LogP contribution in [0.4, 0.5) is 4.79 Å². The Labute approximate surface area is 154 Å². The Kier molecular flexibility index (Phi) is 5.21. The van der Waals surface area contributed by atoms with Gasteiger partial charge in [-0.15, -0.1) is 0 Å². The Morgan fingerprint density at radius 1 is 1.15 bits per heavy atom. The minimum atomic E-state index is -1.14. The summed E-state index contributed by atoms with van der Waals surface area (Å²) < 4.78 is 11.1. The van der Waals surface area contributed by atoms with Crippen molar-refractivity contribution in [3.8, 4) is 17.1 Å². The van der Waals surface area contributed by atoms with Crippen LogP contribution in [0.25, 0.3) is 22.3 Å². The second-order valence-corrected chi connectivity index (χ2v) is 5.89. The number of hydrogen-bond donors (Lipinski definition) is 2. The number of benzene rings is 2. The van der Waals surface area contributed by atoms with Gasteiger partial charge in [-0.1, -0.05) is 11.6 Å². The smallest absolute Gasteiger partial charge is 0.342 e. The number of amides is 2. The normalized spacial score (nSPS) is 11.4. The van der Waals surface area contributed by atoms with Crippen LogP contribution >= 0.6 is 0 Å². The van der Waals surface area contributed by atoms with Gasteiger partial charge in [0, 0.05) is 17.0 Å². The van der Waals surface area contributed by atoms with E-state index in [9.17, 15) is 9.59 Å². The van der Waals surface area contributed by atoms with Crippen LogP contribution in [0.1, 0.15) is 5.56 Å². The van der Waals surface area contributed by atoms with Crippen molar-refractivity contribution in [1.82, 2.24) is 5.32 Å². The highest BCUT2D eigenvalue weighted by atomic mass is 16.5. The molecule has 1 aromatic heterocycles. The van der Waals surface area contributed by atoms with Crippen molar-refractivity contribution < 1.29 is 23.8 Å². The van der Waals surface area contributed by atoms with Crippen molar-refractivity contribution in [2.24, 2.45) is 4.99 Å². The Morgan fingerprint density at radius 3 is 2.56 bits per heavy atom. The molecule has 27 heavy (non-hydrogen) atoms. The molecule has 7 nitrogen and oxygen atoms in total. The number of aryl methyl sites for hydroxylation is 1. The highest BCUT2D eigenvalue weighted by Gasteiger charge is 2.09. The highest BCUT2D eigenvalue weighted by Crippen LogP contribution is 2.24. The van der Waals surface area contributed by atoms with Gasteiger partial charge in [-0.05, 0) is 43.3 Å². The molecular weight excluding hydrogens is 348 g/mol. The maximum Gasteiger partial charge on any atom is 0.342 e. The van der Waals surface area contributed by atoms with Crippen LogP contribution in [0.3, 0.4) is 0 Å². The number of aliphatic carboxylic acids is 1. The molecule has 7 heteroatoms. The second-order valence-electron chi connectivity index (χ2n) is 5.89. The van der Waals surface area contributed by atoms with E-state index < -0.39 is 18.5 Å². The van der Waals surface area contributed by atoms with E-state index in [1.54, 1.807) is 25.3 Å². The molecule has 0 saturated carbocycles. The summed E-state index contributed by atoms with van der Waals surface area (Å²) in [4.78, 5) is 26.6. The lowest BCUT2D eigenvalue weighted by Crippen LogP contribution is -2.28. The Hall–Kier alpha value is -3.61. The number of carboxylic acids is 1. The summed E-state index contributed by atoms with van der Waals surface area (Å²) in [6.07, 6.45) is 0. The van der Waals surface area contributed by atoms with Gasteiger partial charge in [0.25, 0.3) is 0 Å². The van der Waals surface area contributed by atoms with E-state index in [1.807, 2.05) is 37.3 Å². The zero-order chi connectivity index (χ0) is 19.4. The summed E-state index contributed by atoms with van der Waals surface area (Å²) in [5.41, 5.74) is 2.34. The Bertz CT molecular complexity index is 1070. The number of nitrogens with one attached hydrogen (secondary N) is 1. The van der Waals surface area contributed by atoms with Gasteiger partial charge >= 0.3 is 12.0 Å². The van der Waals surface area contributed by atoms with Gasteiger partial charge in [0.05, 0.1) is 12.5 Å². The summed E-state index contributed by atoms with van der Waals surface area (Å²) in [5.74, 6) is 0.105. The lowest BCUT2D eigenvalue weighted by Gasteiger charge is -2.07. The van der Waals surface area contributed by atoms with Gasteiger partial charge < -0.3 is 19.6 Å². The fourth-order valence-corrected chi connectivity index (χ4v) is 2.57. The number of carbonyl (C=O) groups is 2. The third-order valence-corrected chi connectivity index (χ3v) is 3.89. The largest absolute Gasteiger partial charge is 0.497 e. The number of hydrogen-bond acceptors (Lipinski definition) is 4. The molecular formula is C20H18N2O5. The van der Waals surface area contributed by atoms with Crippen molar-refractivity contribution in [1.29, 1.82) is 0 Å². The van der Waals surface area contributed by atoms with E-state index in [1.165, 1.54) is 0 Å². The summed E-state index contributed by atoms with van der Waals surface area (Å²) in [5, 5.41) is 12.0. The zero-order valence-electron chi connectivity index (χ0n) is 14.9. The fraction of sp³-hybridized carbons (Fsp3) is 0.150. The van der Waals surface area contributed by atoms with Gasteiger partial charge in [0.15, 0.2) is 0 Å². The van der Waals surface area contributed by atoms with Crippen molar-refractivity contribution in [3.63, 3.8) is 0 Å². The molecule has 0 fully saturated rings. The summed E-state index contributed by atoms with van der Waals surface area (Å²) in [6.45, 7) is 1.42. The zero-order valence-corrected chi connectivity index (χ0v) is 14.9. The van der Waals surface area contributed by atoms with Crippen LogP contribution in [0, 0.1) is 6.92 Å². The molecule has 0 atom stereocenters. The number of methoxy groups -OCH3 is 1. The van der Waals surface area contributed by atoms with E-state index in [0.29, 0.717) is 27.8 Å². The van der Waals surface area contributed by atoms with Gasteiger partial charge in [0.2, 0.25) is 0 Å². The molecule has 0 radical (unpaired) electrons.